The van der Waals surface area contributed by atoms with Gasteiger partial charge < -0.3 is 11.1 Å². The van der Waals surface area contributed by atoms with Gasteiger partial charge in [0, 0.05) is 33.3 Å². The van der Waals surface area contributed by atoms with Gasteiger partial charge in [0.2, 0.25) is 0 Å². The van der Waals surface area contributed by atoms with Crippen LogP contribution in [-0.4, -0.2) is 54.9 Å². The Morgan fingerprint density at radius 1 is 0.667 bits per heavy atom. The third kappa shape index (κ3) is 8.66. The summed E-state index contributed by atoms with van der Waals surface area (Å²) in [7, 11) is -1.95. The van der Waals surface area contributed by atoms with Gasteiger partial charge in [-0.15, -0.1) is 0 Å². The number of sulfonamides is 2. The lowest BCUT2D eigenvalue weighted by Crippen LogP contribution is -2.26. The van der Waals surface area contributed by atoms with Crippen LogP contribution in [0.15, 0.2) is 107 Å². The first-order valence-corrected chi connectivity index (χ1v) is 16.0. The van der Waals surface area contributed by atoms with E-state index in [1.165, 1.54) is 52.5 Å². The van der Waals surface area contributed by atoms with Crippen molar-refractivity contribution in [3.63, 3.8) is 0 Å². The van der Waals surface area contributed by atoms with Crippen molar-refractivity contribution in [2.24, 2.45) is 5.73 Å². The molecule has 4 aromatic carbocycles. The fourth-order valence-corrected chi connectivity index (χ4v) is 6.32. The second kappa shape index (κ2) is 15.8. The van der Waals surface area contributed by atoms with E-state index in [-0.39, 0.29) is 26.2 Å². The Morgan fingerprint density at radius 3 is 1.42 bits per heavy atom. The van der Waals surface area contributed by atoms with E-state index >= 15 is 0 Å². The van der Waals surface area contributed by atoms with Crippen molar-refractivity contribution in [1.29, 1.82) is 0 Å². The number of para-hydroxylation sites is 2. The first-order chi connectivity index (χ1) is 21.2. The number of nitrogens with two attached hydrogens (primary N) is 1. The predicted octanol–water partition coefficient (Wildman–Crippen LogP) is 5.11. The highest BCUT2D eigenvalue weighted by Crippen LogP contribution is 2.31. The molecule has 0 fully saturated rings. The standard InChI is InChI=1S/C14H15N3O4S.C13H11ClN2O4S.CH5N/c1-15-13-9-8-12(10-14(13)17(18)19)22(20,21)16(2)11-6-4-3-5-7-11;1-15(10-5-3-2-4-6-10)21(19,20)11-7-8-12(14)13(9-11)16(17)18;1-2/h3-10,15H,1-2H3;2-9H,1H3;2H2,1H3. The van der Waals surface area contributed by atoms with E-state index in [0.717, 1.165) is 20.7 Å². The first kappa shape index (κ1) is 36.4. The van der Waals surface area contributed by atoms with E-state index < -0.39 is 35.6 Å². The van der Waals surface area contributed by atoms with E-state index in [1.807, 2.05) is 0 Å². The van der Waals surface area contributed by atoms with Gasteiger partial charge in [-0.2, -0.15) is 0 Å². The van der Waals surface area contributed by atoms with Gasteiger partial charge in [0.15, 0.2) is 0 Å². The molecule has 0 heterocycles. The van der Waals surface area contributed by atoms with E-state index in [2.05, 4.69) is 11.1 Å². The third-order valence-electron chi connectivity index (χ3n) is 6.11. The van der Waals surface area contributed by atoms with Crippen LogP contribution in [0.1, 0.15) is 0 Å². The molecule has 0 aliphatic heterocycles. The Balaban J connectivity index is 0.000000297. The second-order valence-corrected chi connectivity index (χ2v) is 13.0. The molecular formula is C28H31ClN6O8S2. The normalized spacial score (nSPS) is 10.7. The molecule has 0 radical (unpaired) electrons. The van der Waals surface area contributed by atoms with Crippen molar-refractivity contribution in [3.05, 3.63) is 122 Å². The van der Waals surface area contributed by atoms with Crippen molar-refractivity contribution in [2.75, 3.05) is 42.1 Å². The van der Waals surface area contributed by atoms with Crippen LogP contribution < -0.4 is 19.7 Å². The zero-order valence-corrected chi connectivity index (χ0v) is 27.0. The summed E-state index contributed by atoms with van der Waals surface area (Å²) in [6.07, 6.45) is 0. The van der Waals surface area contributed by atoms with Crippen molar-refractivity contribution in [3.8, 4) is 0 Å². The summed E-state index contributed by atoms with van der Waals surface area (Å²) in [6, 6.07) is 24.1. The molecule has 4 aromatic rings. The van der Waals surface area contributed by atoms with E-state index in [9.17, 15) is 37.1 Å². The lowest BCUT2D eigenvalue weighted by molar-refractivity contribution is -0.384. The SMILES string of the molecule is CN.CN(c1ccccc1)S(=O)(=O)c1ccc(Cl)c([N+](=O)[O-])c1.CNc1ccc(S(=O)(=O)N(C)c2ccccc2)cc1[N+](=O)[O-]. The topological polar surface area (TPSA) is 199 Å². The van der Waals surface area contributed by atoms with Gasteiger partial charge >= 0.3 is 0 Å². The van der Waals surface area contributed by atoms with Crippen LogP contribution in [0.25, 0.3) is 0 Å². The number of benzene rings is 4. The van der Waals surface area contributed by atoms with Crippen LogP contribution in [0.4, 0.5) is 28.4 Å². The summed E-state index contributed by atoms with van der Waals surface area (Å²) < 4.78 is 52.3. The van der Waals surface area contributed by atoms with Crippen LogP contribution >= 0.6 is 11.6 Å². The summed E-state index contributed by atoms with van der Waals surface area (Å²) >= 11 is 5.69. The van der Waals surface area contributed by atoms with Crippen LogP contribution in [0.3, 0.4) is 0 Å². The smallest absolute Gasteiger partial charge is 0.293 e. The molecule has 0 aliphatic rings. The number of nitrogens with one attached hydrogen (secondary N) is 1. The molecule has 0 aliphatic carbocycles. The second-order valence-electron chi connectivity index (χ2n) is 8.67. The summed E-state index contributed by atoms with van der Waals surface area (Å²) in [4.78, 5) is 20.2. The van der Waals surface area contributed by atoms with Crippen LogP contribution in [0.5, 0.6) is 0 Å². The molecule has 4 rings (SSSR count). The van der Waals surface area contributed by atoms with Crippen molar-refractivity contribution < 1.29 is 26.7 Å². The average molecular weight is 679 g/mol. The minimum Gasteiger partial charge on any atom is -0.383 e. The summed E-state index contributed by atoms with van der Waals surface area (Å²) in [5.74, 6) is 0. The lowest BCUT2D eigenvalue weighted by Gasteiger charge is -2.19. The number of nitrogens with zero attached hydrogens (tertiary/aromatic N) is 4. The molecule has 0 spiro atoms. The Kier molecular flexibility index (Phi) is 12.8. The molecule has 0 unspecified atom stereocenters. The maximum Gasteiger partial charge on any atom is 0.293 e. The number of halogens is 1. The summed E-state index contributed by atoms with van der Waals surface area (Å²) in [6.45, 7) is 0. The van der Waals surface area contributed by atoms with Crippen molar-refractivity contribution >= 4 is 60.1 Å². The van der Waals surface area contributed by atoms with Crippen molar-refractivity contribution in [2.45, 2.75) is 9.79 Å². The van der Waals surface area contributed by atoms with E-state index in [4.69, 9.17) is 11.6 Å². The van der Waals surface area contributed by atoms with Gasteiger partial charge in [-0.3, -0.25) is 28.8 Å². The maximum absolute atomic E-state index is 12.6. The fourth-order valence-electron chi connectivity index (χ4n) is 3.70. The minimum atomic E-state index is -3.89. The molecule has 0 saturated carbocycles. The zero-order chi connectivity index (χ0) is 33.9. The number of hydrogen-bond donors (Lipinski definition) is 2. The fraction of sp³-hybridized carbons (Fsp3) is 0.143. The molecule has 17 heteroatoms. The zero-order valence-electron chi connectivity index (χ0n) is 24.6. The predicted molar refractivity (Wildman–Crippen MR) is 175 cm³/mol. The van der Waals surface area contributed by atoms with Crippen LogP contribution in [-0.2, 0) is 20.0 Å². The monoisotopic (exact) mass is 678 g/mol. The summed E-state index contributed by atoms with van der Waals surface area (Å²) in [5.41, 5.74) is 4.95. The maximum atomic E-state index is 12.6. The molecule has 14 nitrogen and oxygen atoms in total. The van der Waals surface area contributed by atoms with Crippen LogP contribution in [0, 0.1) is 20.2 Å². The van der Waals surface area contributed by atoms with Gasteiger partial charge in [-0.1, -0.05) is 48.0 Å². The molecule has 0 atom stereocenters. The van der Waals surface area contributed by atoms with E-state index in [1.54, 1.807) is 60.7 Å². The average Bonchev–Trinajstić information content (AvgIpc) is 3.05. The van der Waals surface area contributed by atoms with Crippen molar-refractivity contribution in [1.82, 2.24) is 0 Å². The molecule has 0 bridgehead atoms. The van der Waals surface area contributed by atoms with E-state index in [0.29, 0.717) is 11.4 Å². The quantitative estimate of drug-likeness (QED) is 0.177. The van der Waals surface area contributed by atoms with Gasteiger partial charge in [0.1, 0.15) is 10.7 Å². The highest BCUT2D eigenvalue weighted by atomic mass is 35.5. The highest BCUT2D eigenvalue weighted by Gasteiger charge is 2.26. The highest BCUT2D eigenvalue weighted by molar-refractivity contribution is 7.93. The molecule has 0 aromatic heterocycles. The Bertz CT molecular complexity index is 1850. The van der Waals surface area contributed by atoms with Gasteiger partial charge in [0.05, 0.1) is 31.0 Å². The minimum absolute atomic E-state index is 0.110. The molecule has 0 amide bonds. The number of hydrogen-bond acceptors (Lipinski definition) is 10. The molecule has 45 heavy (non-hydrogen) atoms. The molecule has 240 valence electrons. The van der Waals surface area contributed by atoms with Gasteiger partial charge in [-0.25, -0.2) is 16.8 Å². The van der Waals surface area contributed by atoms with Gasteiger partial charge in [-0.05, 0) is 55.6 Å². The number of nitro groups is 2. The van der Waals surface area contributed by atoms with Gasteiger partial charge in [0.25, 0.3) is 31.4 Å². The Labute approximate surface area is 266 Å². The Morgan fingerprint density at radius 2 is 1.04 bits per heavy atom. The van der Waals surface area contributed by atoms with Crippen LogP contribution in [0.2, 0.25) is 5.02 Å². The Hall–Kier alpha value is -4.77. The third-order valence-corrected chi connectivity index (χ3v) is 9.99. The largest absolute Gasteiger partial charge is 0.383 e. The number of nitro benzene ring substituents is 2. The lowest BCUT2D eigenvalue weighted by atomic mass is 10.3. The summed E-state index contributed by atoms with van der Waals surface area (Å²) in [5, 5.41) is 24.5. The first-order valence-electron chi connectivity index (χ1n) is 12.8. The molecule has 3 N–H and O–H groups in total. The number of rotatable bonds is 9. The number of anilines is 3. The molecule has 0 saturated heterocycles. The molecular weight excluding hydrogens is 648 g/mol.